The first-order valence-corrected chi connectivity index (χ1v) is 7.27. The van der Waals surface area contributed by atoms with Crippen molar-refractivity contribution in [3.63, 3.8) is 0 Å². The molecule has 1 aromatic carbocycles. The third kappa shape index (κ3) is 3.01. The second-order valence-electron chi connectivity index (χ2n) is 7.76. The highest BCUT2D eigenvalue weighted by atomic mass is 16.5. The quantitative estimate of drug-likeness (QED) is 0.846. The molecule has 1 N–H and O–H groups in total. The lowest BCUT2D eigenvalue weighted by Crippen LogP contribution is -2.22. The van der Waals surface area contributed by atoms with Crippen LogP contribution in [0.3, 0.4) is 0 Å². The highest BCUT2D eigenvalue weighted by molar-refractivity contribution is 5.58. The van der Waals surface area contributed by atoms with E-state index in [2.05, 4.69) is 55.4 Å². The fraction of sp³-hybridized carbons (Fsp3) is 0.667. The lowest BCUT2D eigenvalue weighted by Gasteiger charge is -2.32. The average molecular weight is 278 g/mol. The van der Waals surface area contributed by atoms with Gasteiger partial charge in [0, 0.05) is 18.2 Å². The molecule has 0 amide bonds. The Morgan fingerprint density at radius 1 is 0.850 bits per heavy atom. The Morgan fingerprint density at radius 3 is 1.45 bits per heavy atom. The van der Waals surface area contributed by atoms with Crippen molar-refractivity contribution in [2.75, 3.05) is 7.11 Å². The number of methoxy groups -OCH3 is 1. The summed E-state index contributed by atoms with van der Waals surface area (Å²) in [5.41, 5.74) is 5.42. The van der Waals surface area contributed by atoms with Crippen LogP contribution in [0.2, 0.25) is 0 Å². The van der Waals surface area contributed by atoms with Gasteiger partial charge in [0.15, 0.2) is 0 Å². The van der Waals surface area contributed by atoms with Crippen molar-refractivity contribution in [3.05, 3.63) is 27.8 Å². The minimum atomic E-state index is -0.0929. The molecule has 1 rings (SSSR count). The van der Waals surface area contributed by atoms with E-state index in [0.717, 1.165) is 22.3 Å². The molecule has 0 bridgehead atoms. The van der Waals surface area contributed by atoms with Gasteiger partial charge in [0.1, 0.15) is 5.75 Å². The van der Waals surface area contributed by atoms with E-state index in [1.54, 1.807) is 7.11 Å². The molecule has 0 aromatic heterocycles. The molecular formula is C18H30O2. The Labute approximate surface area is 124 Å². The summed E-state index contributed by atoms with van der Waals surface area (Å²) in [6.07, 6.45) is 0. The van der Waals surface area contributed by atoms with Gasteiger partial charge in [-0.3, -0.25) is 0 Å². The van der Waals surface area contributed by atoms with Gasteiger partial charge in [-0.15, -0.1) is 0 Å². The van der Waals surface area contributed by atoms with Crippen LogP contribution in [-0.2, 0) is 22.2 Å². The smallest absolute Gasteiger partial charge is 0.123 e. The maximum atomic E-state index is 10.9. The molecule has 0 heterocycles. The van der Waals surface area contributed by atoms with Crippen LogP contribution in [-0.4, -0.2) is 12.2 Å². The third-order valence-corrected chi connectivity index (χ3v) is 3.92. The zero-order valence-electron chi connectivity index (χ0n) is 14.6. The van der Waals surface area contributed by atoms with Crippen molar-refractivity contribution >= 4 is 0 Å². The fourth-order valence-electron chi connectivity index (χ4n) is 3.26. The molecule has 0 fully saturated rings. The predicted molar refractivity (Wildman–Crippen MR) is 85.7 cm³/mol. The van der Waals surface area contributed by atoms with Gasteiger partial charge >= 0.3 is 0 Å². The van der Waals surface area contributed by atoms with Crippen LogP contribution in [0.5, 0.6) is 5.75 Å². The third-order valence-electron chi connectivity index (χ3n) is 3.92. The number of rotatable bonds is 2. The molecule has 0 unspecified atom stereocenters. The molecule has 0 aliphatic rings. The number of hydrogen-bond acceptors (Lipinski definition) is 2. The van der Waals surface area contributed by atoms with Gasteiger partial charge < -0.3 is 9.84 Å². The monoisotopic (exact) mass is 278 g/mol. The number of ether oxygens (including phenoxy) is 1. The summed E-state index contributed by atoms with van der Waals surface area (Å²) < 4.78 is 5.38. The molecule has 0 atom stereocenters. The fourth-order valence-corrected chi connectivity index (χ4v) is 3.26. The second kappa shape index (κ2) is 5.40. The first kappa shape index (κ1) is 17.0. The van der Waals surface area contributed by atoms with Gasteiger partial charge in [0.25, 0.3) is 0 Å². The molecule has 0 spiro atoms. The second-order valence-corrected chi connectivity index (χ2v) is 7.76. The van der Waals surface area contributed by atoms with E-state index in [1.165, 1.54) is 5.56 Å². The van der Waals surface area contributed by atoms with Gasteiger partial charge in [-0.2, -0.15) is 0 Å². The van der Waals surface area contributed by atoms with Gasteiger partial charge in [0.2, 0.25) is 0 Å². The molecule has 1 aromatic rings. The highest BCUT2D eigenvalue weighted by Gasteiger charge is 2.31. The summed E-state index contributed by atoms with van der Waals surface area (Å²) >= 11 is 0. The number of aromatic hydroxyl groups is 1. The van der Waals surface area contributed by atoms with Crippen LogP contribution in [0.4, 0.5) is 0 Å². The molecule has 0 radical (unpaired) electrons. The predicted octanol–water partition coefficient (Wildman–Crippen LogP) is 4.75. The minimum Gasteiger partial charge on any atom is -0.507 e. The Balaban J connectivity index is 3.84. The van der Waals surface area contributed by atoms with Crippen molar-refractivity contribution in [2.45, 2.75) is 72.8 Å². The Bertz CT molecular complexity index is 459. The van der Waals surface area contributed by atoms with Crippen molar-refractivity contribution in [1.82, 2.24) is 0 Å². The first-order valence-electron chi connectivity index (χ1n) is 7.27. The minimum absolute atomic E-state index is 0.0929. The van der Waals surface area contributed by atoms with Crippen LogP contribution < -0.4 is 0 Å². The summed E-state index contributed by atoms with van der Waals surface area (Å²) in [6.45, 7) is 17.6. The van der Waals surface area contributed by atoms with Crippen molar-refractivity contribution < 1.29 is 9.84 Å². The Hall–Kier alpha value is -1.02. The number of hydrogen-bond donors (Lipinski definition) is 1. The van der Waals surface area contributed by atoms with E-state index >= 15 is 0 Å². The maximum Gasteiger partial charge on any atom is 0.123 e. The molecule has 0 saturated heterocycles. The lowest BCUT2D eigenvalue weighted by atomic mass is 9.74. The summed E-state index contributed by atoms with van der Waals surface area (Å²) in [6, 6.07) is 0. The van der Waals surface area contributed by atoms with E-state index in [9.17, 15) is 5.11 Å². The molecular weight excluding hydrogens is 248 g/mol. The first-order chi connectivity index (χ1) is 8.92. The molecule has 0 saturated carbocycles. The van der Waals surface area contributed by atoms with Gasteiger partial charge in [0.05, 0.1) is 6.61 Å². The maximum absolute atomic E-state index is 10.9. The van der Waals surface area contributed by atoms with Gasteiger partial charge in [-0.05, 0) is 41.4 Å². The highest BCUT2D eigenvalue weighted by Crippen LogP contribution is 2.44. The zero-order valence-corrected chi connectivity index (χ0v) is 14.6. The van der Waals surface area contributed by atoms with Crippen LogP contribution in [0.15, 0.2) is 0 Å². The molecule has 0 aliphatic heterocycles. The number of phenolic OH excluding ortho intramolecular Hbond substituents is 1. The van der Waals surface area contributed by atoms with Crippen LogP contribution >= 0.6 is 0 Å². The molecule has 2 heteroatoms. The standard InChI is InChI=1S/C18H30O2/c1-11-13(10-20-9)12(2)15(18(6,7)8)16(19)14(11)17(3,4)5/h19H,10H2,1-9H3. The normalized spacial score (nSPS) is 12.8. The van der Waals surface area contributed by atoms with E-state index in [0.29, 0.717) is 12.4 Å². The summed E-state index contributed by atoms with van der Waals surface area (Å²) in [4.78, 5) is 0. The van der Waals surface area contributed by atoms with E-state index in [4.69, 9.17) is 4.74 Å². The molecule has 2 nitrogen and oxygen atoms in total. The Kier molecular flexibility index (Phi) is 4.60. The number of phenols is 1. The topological polar surface area (TPSA) is 29.5 Å². The van der Waals surface area contributed by atoms with Crippen LogP contribution in [0, 0.1) is 13.8 Å². The van der Waals surface area contributed by atoms with Gasteiger partial charge in [-0.25, -0.2) is 0 Å². The van der Waals surface area contributed by atoms with Crippen LogP contribution in [0.25, 0.3) is 0 Å². The molecule has 114 valence electrons. The largest absolute Gasteiger partial charge is 0.507 e. The van der Waals surface area contributed by atoms with Crippen molar-refractivity contribution in [2.24, 2.45) is 0 Å². The molecule has 0 aliphatic carbocycles. The van der Waals surface area contributed by atoms with E-state index in [-0.39, 0.29) is 10.8 Å². The van der Waals surface area contributed by atoms with Gasteiger partial charge in [-0.1, -0.05) is 41.5 Å². The van der Waals surface area contributed by atoms with E-state index < -0.39 is 0 Å². The SMILES string of the molecule is COCc1c(C)c(C(C)(C)C)c(O)c(C(C)(C)C)c1C. The number of benzene rings is 1. The summed E-state index contributed by atoms with van der Waals surface area (Å²) in [5, 5.41) is 10.9. The molecule has 20 heavy (non-hydrogen) atoms. The van der Waals surface area contributed by atoms with Crippen molar-refractivity contribution in [1.29, 1.82) is 0 Å². The Morgan fingerprint density at radius 2 is 1.20 bits per heavy atom. The summed E-state index contributed by atoms with van der Waals surface area (Å²) in [7, 11) is 1.72. The average Bonchev–Trinajstić information content (AvgIpc) is 2.19. The van der Waals surface area contributed by atoms with Crippen LogP contribution in [0.1, 0.15) is 69.4 Å². The summed E-state index contributed by atoms with van der Waals surface area (Å²) in [5.74, 6) is 0.458. The van der Waals surface area contributed by atoms with E-state index in [1.807, 2.05) is 0 Å². The van der Waals surface area contributed by atoms with Crippen molar-refractivity contribution in [3.8, 4) is 5.75 Å². The lowest BCUT2D eigenvalue weighted by molar-refractivity contribution is 0.183. The zero-order chi connectivity index (χ0) is 15.9.